The molecule has 2 N–H and O–H groups in total. The minimum absolute atomic E-state index is 0.0203. The molecule has 2 saturated heterocycles. The van der Waals surface area contributed by atoms with Gasteiger partial charge in [0, 0.05) is 24.5 Å². The molecule has 2 aliphatic heterocycles. The summed E-state index contributed by atoms with van der Waals surface area (Å²) in [4.78, 5) is 27.4. The van der Waals surface area contributed by atoms with Gasteiger partial charge >= 0.3 is 0 Å². The van der Waals surface area contributed by atoms with E-state index in [1.807, 2.05) is 4.90 Å². The lowest BCUT2D eigenvalue weighted by Gasteiger charge is -2.28. The highest BCUT2D eigenvalue weighted by atomic mass is 35.5. The van der Waals surface area contributed by atoms with E-state index in [2.05, 4.69) is 17.6 Å². The summed E-state index contributed by atoms with van der Waals surface area (Å²) in [7, 11) is 0. The molecule has 6 heteroatoms. The highest BCUT2D eigenvalue weighted by Crippen LogP contribution is 2.27. The van der Waals surface area contributed by atoms with Crippen molar-refractivity contribution in [1.82, 2.24) is 10.2 Å². The van der Waals surface area contributed by atoms with Crippen molar-refractivity contribution < 1.29 is 9.59 Å². The molecule has 2 amide bonds. The number of piperidine rings is 2. The van der Waals surface area contributed by atoms with Crippen molar-refractivity contribution in [3.8, 4) is 0 Å². The number of amides is 2. The van der Waals surface area contributed by atoms with Gasteiger partial charge in [-0.2, -0.15) is 0 Å². The highest BCUT2D eigenvalue weighted by molar-refractivity contribution is 6.31. The van der Waals surface area contributed by atoms with Crippen molar-refractivity contribution in [2.24, 2.45) is 11.8 Å². The Morgan fingerprint density at radius 3 is 2.63 bits per heavy atom. The van der Waals surface area contributed by atoms with Crippen molar-refractivity contribution in [3.63, 3.8) is 0 Å². The number of carbonyl (C=O) groups is 2. The number of nitrogens with one attached hydrogen (secondary N) is 2. The van der Waals surface area contributed by atoms with Crippen molar-refractivity contribution >= 4 is 29.1 Å². The van der Waals surface area contributed by atoms with Gasteiger partial charge in [-0.3, -0.25) is 9.59 Å². The van der Waals surface area contributed by atoms with Gasteiger partial charge in [0.1, 0.15) is 0 Å². The van der Waals surface area contributed by atoms with Gasteiger partial charge in [-0.15, -0.1) is 0 Å². The maximum atomic E-state index is 12.9. The van der Waals surface area contributed by atoms with Crippen LogP contribution in [0.15, 0.2) is 18.2 Å². The van der Waals surface area contributed by atoms with E-state index < -0.39 is 0 Å². The van der Waals surface area contributed by atoms with Crippen LogP contribution in [0.2, 0.25) is 5.02 Å². The average molecular weight is 392 g/mol. The Labute approximate surface area is 166 Å². The molecule has 0 radical (unpaired) electrons. The van der Waals surface area contributed by atoms with Crippen LogP contribution in [-0.2, 0) is 4.79 Å². The molecule has 2 fully saturated rings. The SMILES string of the molecule is CC(CC(=O)Nc1cc(Cl)ccc1C(=O)N1CCCCC1)C1CCNCC1. The first-order valence-corrected chi connectivity index (χ1v) is 10.5. The quantitative estimate of drug-likeness (QED) is 0.799. The van der Waals surface area contributed by atoms with E-state index in [1.54, 1.807) is 18.2 Å². The molecule has 0 aromatic heterocycles. The predicted molar refractivity (Wildman–Crippen MR) is 109 cm³/mol. The van der Waals surface area contributed by atoms with E-state index >= 15 is 0 Å². The first-order chi connectivity index (χ1) is 13.0. The monoisotopic (exact) mass is 391 g/mol. The Hall–Kier alpha value is -1.59. The number of hydrogen-bond acceptors (Lipinski definition) is 3. The van der Waals surface area contributed by atoms with Crippen LogP contribution >= 0.6 is 11.6 Å². The standard InChI is InChI=1S/C21H30ClN3O2/c1-15(16-7-9-23-10-8-16)13-20(26)24-19-14-17(22)5-6-18(19)21(27)25-11-3-2-4-12-25/h5-6,14-16,23H,2-4,7-13H2,1H3,(H,24,26). The smallest absolute Gasteiger partial charge is 0.255 e. The molecule has 27 heavy (non-hydrogen) atoms. The third-order valence-corrected chi connectivity index (χ3v) is 6.06. The molecule has 1 aromatic carbocycles. The Morgan fingerprint density at radius 2 is 1.93 bits per heavy atom. The molecular formula is C21H30ClN3O2. The molecule has 2 heterocycles. The molecule has 0 saturated carbocycles. The number of anilines is 1. The van der Waals surface area contributed by atoms with Gasteiger partial charge in [0.15, 0.2) is 0 Å². The topological polar surface area (TPSA) is 61.4 Å². The molecule has 1 atom stereocenters. The maximum Gasteiger partial charge on any atom is 0.255 e. The third-order valence-electron chi connectivity index (χ3n) is 5.83. The van der Waals surface area contributed by atoms with Crippen molar-refractivity contribution in [1.29, 1.82) is 0 Å². The predicted octanol–water partition coefficient (Wildman–Crippen LogP) is 3.93. The Bertz CT molecular complexity index is 667. The van der Waals surface area contributed by atoms with Crippen LogP contribution in [0.25, 0.3) is 0 Å². The molecule has 148 valence electrons. The van der Waals surface area contributed by atoms with Gasteiger partial charge in [-0.05, 0) is 75.2 Å². The summed E-state index contributed by atoms with van der Waals surface area (Å²) in [6.07, 6.45) is 5.94. The van der Waals surface area contributed by atoms with Crippen LogP contribution < -0.4 is 10.6 Å². The molecule has 0 spiro atoms. The van der Waals surface area contributed by atoms with Crippen LogP contribution in [0, 0.1) is 11.8 Å². The average Bonchev–Trinajstić information content (AvgIpc) is 2.69. The maximum absolute atomic E-state index is 12.9. The minimum atomic E-state index is -0.0454. The third kappa shape index (κ3) is 5.45. The van der Waals surface area contributed by atoms with Gasteiger partial charge < -0.3 is 15.5 Å². The Morgan fingerprint density at radius 1 is 1.22 bits per heavy atom. The van der Waals surface area contributed by atoms with E-state index in [4.69, 9.17) is 11.6 Å². The van der Waals surface area contributed by atoms with E-state index in [0.29, 0.717) is 34.5 Å². The summed E-state index contributed by atoms with van der Waals surface area (Å²) in [5.41, 5.74) is 1.06. The first-order valence-electron chi connectivity index (χ1n) is 10.1. The molecule has 1 unspecified atom stereocenters. The summed E-state index contributed by atoms with van der Waals surface area (Å²) in [5.74, 6) is 0.836. The zero-order chi connectivity index (χ0) is 19.2. The van der Waals surface area contributed by atoms with Crippen LogP contribution in [0.4, 0.5) is 5.69 Å². The van der Waals surface area contributed by atoms with Gasteiger partial charge in [0.2, 0.25) is 5.91 Å². The molecule has 0 aliphatic carbocycles. The van der Waals surface area contributed by atoms with E-state index in [-0.39, 0.29) is 11.8 Å². The number of rotatable bonds is 5. The number of hydrogen-bond donors (Lipinski definition) is 2. The van der Waals surface area contributed by atoms with E-state index in [9.17, 15) is 9.59 Å². The molecule has 3 rings (SSSR count). The number of nitrogens with zero attached hydrogens (tertiary/aromatic N) is 1. The van der Waals surface area contributed by atoms with Gasteiger partial charge in [-0.1, -0.05) is 18.5 Å². The second kappa shape index (κ2) is 9.56. The second-order valence-corrected chi connectivity index (χ2v) is 8.30. The van der Waals surface area contributed by atoms with Crippen LogP contribution in [-0.4, -0.2) is 42.9 Å². The van der Waals surface area contributed by atoms with E-state index in [0.717, 1.165) is 51.9 Å². The zero-order valence-corrected chi connectivity index (χ0v) is 16.9. The molecule has 0 bridgehead atoms. The summed E-state index contributed by atoms with van der Waals surface area (Å²) in [6.45, 7) is 5.76. The van der Waals surface area contributed by atoms with Crippen LogP contribution in [0.3, 0.4) is 0 Å². The first kappa shape index (κ1) is 20.2. The van der Waals surface area contributed by atoms with Crippen molar-refractivity contribution in [2.45, 2.75) is 45.4 Å². The van der Waals surface area contributed by atoms with E-state index in [1.165, 1.54) is 6.42 Å². The zero-order valence-electron chi connectivity index (χ0n) is 16.1. The lowest BCUT2D eigenvalue weighted by Crippen LogP contribution is -2.36. The second-order valence-electron chi connectivity index (χ2n) is 7.86. The Balaban J connectivity index is 1.66. The number of likely N-dealkylation sites (tertiary alicyclic amines) is 1. The summed E-state index contributed by atoms with van der Waals surface area (Å²) >= 11 is 6.14. The minimum Gasteiger partial charge on any atom is -0.339 e. The lowest BCUT2D eigenvalue weighted by molar-refractivity contribution is -0.117. The normalized spacial score (nSPS) is 19.6. The van der Waals surface area contributed by atoms with Gasteiger partial charge in [0.05, 0.1) is 11.3 Å². The van der Waals surface area contributed by atoms with Crippen LogP contribution in [0.1, 0.15) is 55.8 Å². The number of halogens is 1. The largest absolute Gasteiger partial charge is 0.339 e. The number of benzene rings is 1. The van der Waals surface area contributed by atoms with Crippen molar-refractivity contribution in [3.05, 3.63) is 28.8 Å². The molecule has 1 aromatic rings. The fourth-order valence-electron chi connectivity index (χ4n) is 4.15. The Kier molecular flexibility index (Phi) is 7.13. The molecule has 2 aliphatic rings. The number of carbonyl (C=O) groups excluding carboxylic acids is 2. The molecule has 5 nitrogen and oxygen atoms in total. The van der Waals surface area contributed by atoms with Gasteiger partial charge in [0.25, 0.3) is 5.91 Å². The van der Waals surface area contributed by atoms with Crippen LogP contribution in [0.5, 0.6) is 0 Å². The van der Waals surface area contributed by atoms with Gasteiger partial charge in [-0.25, -0.2) is 0 Å². The lowest BCUT2D eigenvalue weighted by atomic mass is 9.84. The fourth-order valence-corrected chi connectivity index (χ4v) is 4.32. The summed E-state index contributed by atoms with van der Waals surface area (Å²) in [5, 5.41) is 6.84. The summed E-state index contributed by atoms with van der Waals surface area (Å²) in [6, 6.07) is 5.13. The molecular weight excluding hydrogens is 362 g/mol. The highest BCUT2D eigenvalue weighted by Gasteiger charge is 2.24. The summed E-state index contributed by atoms with van der Waals surface area (Å²) < 4.78 is 0. The fraction of sp³-hybridized carbons (Fsp3) is 0.619. The van der Waals surface area contributed by atoms with Crippen molar-refractivity contribution in [2.75, 3.05) is 31.5 Å².